The van der Waals surface area contributed by atoms with E-state index in [0.717, 1.165) is 28.7 Å². The lowest BCUT2D eigenvalue weighted by molar-refractivity contribution is -0.134. The molecule has 2 aromatic carbocycles. The molecule has 1 fully saturated rings. The maximum absolute atomic E-state index is 14.7. The molecule has 1 aromatic heterocycles. The number of nitrogens with zero attached hydrogens (tertiary/aromatic N) is 3. The number of anilines is 1. The number of carbonyl (C=O) groups excluding carboxylic acids is 2. The zero-order valence-electron chi connectivity index (χ0n) is 17.9. The molecule has 170 valence electrons. The van der Waals surface area contributed by atoms with E-state index in [0.29, 0.717) is 10.6 Å². The third-order valence-corrected chi connectivity index (χ3v) is 5.53. The predicted molar refractivity (Wildman–Crippen MR) is 120 cm³/mol. The van der Waals surface area contributed by atoms with Crippen molar-refractivity contribution in [3.8, 4) is 0 Å². The molecule has 0 saturated carbocycles. The zero-order chi connectivity index (χ0) is 24.3. The van der Waals surface area contributed by atoms with Crippen LogP contribution >= 0.6 is 11.3 Å². The molecule has 0 bridgehead atoms. The van der Waals surface area contributed by atoms with Gasteiger partial charge in [0, 0.05) is 18.1 Å². The molecular formula is C23H20FN3O5S. The number of ketones is 1. The molecule has 2 N–H and O–H groups in total. The largest absolute Gasteiger partial charge is 0.507 e. The van der Waals surface area contributed by atoms with Crippen molar-refractivity contribution in [2.45, 2.75) is 26.8 Å². The van der Waals surface area contributed by atoms with Gasteiger partial charge in [0.05, 0.1) is 5.57 Å². The van der Waals surface area contributed by atoms with E-state index in [-0.39, 0.29) is 22.0 Å². The topological polar surface area (TPSA) is 121 Å². The fraction of sp³-hybridized carbons (Fsp3) is 0.174. The summed E-state index contributed by atoms with van der Waals surface area (Å²) in [5.74, 6) is -3.58. The number of aliphatic carboxylic acids is 1. The van der Waals surface area contributed by atoms with Crippen LogP contribution in [0.1, 0.15) is 34.7 Å². The first-order valence-corrected chi connectivity index (χ1v) is 10.6. The Morgan fingerprint density at radius 2 is 1.64 bits per heavy atom. The normalized spacial score (nSPS) is 17.0. The Labute approximate surface area is 192 Å². The highest BCUT2D eigenvalue weighted by Gasteiger charge is 2.49. The Kier molecular flexibility index (Phi) is 6.98. The number of hydrogen-bond acceptors (Lipinski definition) is 7. The number of aliphatic hydroxyl groups is 1. The lowest BCUT2D eigenvalue weighted by atomic mass is 9.95. The van der Waals surface area contributed by atoms with Crippen LogP contribution in [0.4, 0.5) is 9.52 Å². The number of halogens is 1. The van der Waals surface area contributed by atoms with Crippen molar-refractivity contribution in [1.29, 1.82) is 0 Å². The second kappa shape index (κ2) is 9.70. The summed E-state index contributed by atoms with van der Waals surface area (Å²) in [6.07, 6.45) is 0. The van der Waals surface area contributed by atoms with Crippen LogP contribution in [0.2, 0.25) is 0 Å². The Morgan fingerprint density at radius 3 is 2.18 bits per heavy atom. The third kappa shape index (κ3) is 4.96. The summed E-state index contributed by atoms with van der Waals surface area (Å²) in [5.41, 5.74) is 1.24. The van der Waals surface area contributed by atoms with Crippen LogP contribution < -0.4 is 4.90 Å². The highest BCUT2D eigenvalue weighted by Crippen LogP contribution is 2.43. The van der Waals surface area contributed by atoms with Crippen molar-refractivity contribution in [2.24, 2.45) is 0 Å². The predicted octanol–water partition coefficient (Wildman–Crippen LogP) is 4.01. The van der Waals surface area contributed by atoms with Gasteiger partial charge in [-0.3, -0.25) is 19.3 Å². The van der Waals surface area contributed by atoms with Crippen LogP contribution in [0, 0.1) is 19.7 Å². The second-order valence-corrected chi connectivity index (χ2v) is 8.34. The van der Waals surface area contributed by atoms with Gasteiger partial charge in [-0.25, -0.2) is 4.39 Å². The van der Waals surface area contributed by atoms with E-state index in [2.05, 4.69) is 10.2 Å². The Bertz CT molecular complexity index is 1250. The van der Waals surface area contributed by atoms with Crippen molar-refractivity contribution < 1.29 is 29.0 Å². The van der Waals surface area contributed by atoms with Crippen LogP contribution in [0.5, 0.6) is 0 Å². The van der Waals surface area contributed by atoms with Crippen LogP contribution in [-0.4, -0.2) is 38.1 Å². The van der Waals surface area contributed by atoms with Crippen LogP contribution in [-0.2, 0) is 14.4 Å². The smallest absolute Gasteiger partial charge is 0.301 e. The molecular weight excluding hydrogens is 449 g/mol. The highest BCUT2D eigenvalue weighted by molar-refractivity contribution is 7.15. The van der Waals surface area contributed by atoms with E-state index in [1.807, 2.05) is 6.92 Å². The molecule has 1 unspecified atom stereocenters. The molecule has 1 aliphatic rings. The van der Waals surface area contributed by atoms with Crippen molar-refractivity contribution in [3.05, 3.63) is 81.6 Å². The average Bonchev–Trinajstić information content (AvgIpc) is 3.29. The minimum absolute atomic E-state index is 0.0909. The monoisotopic (exact) mass is 469 g/mol. The van der Waals surface area contributed by atoms with Gasteiger partial charge in [-0.2, -0.15) is 0 Å². The van der Waals surface area contributed by atoms with Crippen molar-refractivity contribution in [3.63, 3.8) is 0 Å². The molecule has 1 atom stereocenters. The number of benzene rings is 2. The number of aryl methyl sites for hydroxylation is 2. The minimum atomic E-state index is -1.15. The first kappa shape index (κ1) is 23.7. The fourth-order valence-corrected chi connectivity index (χ4v) is 3.99. The summed E-state index contributed by atoms with van der Waals surface area (Å²) in [4.78, 5) is 35.9. The number of rotatable bonds is 3. The van der Waals surface area contributed by atoms with Crippen molar-refractivity contribution >= 4 is 39.9 Å². The number of hydrogen-bond donors (Lipinski definition) is 2. The van der Waals surface area contributed by atoms with E-state index in [1.54, 1.807) is 37.3 Å². The quantitative estimate of drug-likeness (QED) is 0.338. The molecule has 0 aliphatic carbocycles. The van der Waals surface area contributed by atoms with Crippen LogP contribution in [0.25, 0.3) is 5.76 Å². The molecule has 1 saturated heterocycles. The van der Waals surface area contributed by atoms with Gasteiger partial charge in [0.2, 0.25) is 5.13 Å². The standard InChI is InChI=1S/C21H16FN3O3S.C2H4O2/c1-11-7-9-13(10-8-11)18(26)16-17(14-5-3-4-6-15(14)22)25(20(28)19(16)27)21-24-23-12(2)29-21;1-2(3)4/h3-10,17,26H,1-2H3;1H3,(H,3,4). The van der Waals surface area contributed by atoms with Gasteiger partial charge in [0.25, 0.3) is 11.8 Å². The zero-order valence-corrected chi connectivity index (χ0v) is 18.8. The number of aliphatic hydroxyl groups excluding tert-OH is 1. The summed E-state index contributed by atoms with van der Waals surface area (Å²) < 4.78 is 14.7. The van der Waals surface area contributed by atoms with Gasteiger partial charge in [0.15, 0.2) is 0 Å². The molecule has 3 aromatic rings. The molecule has 1 aliphatic heterocycles. The van der Waals surface area contributed by atoms with Gasteiger partial charge >= 0.3 is 5.91 Å². The average molecular weight is 469 g/mol. The van der Waals surface area contributed by atoms with E-state index in [9.17, 15) is 19.1 Å². The maximum atomic E-state index is 14.7. The van der Waals surface area contributed by atoms with E-state index in [4.69, 9.17) is 9.90 Å². The van der Waals surface area contributed by atoms with Gasteiger partial charge in [-0.05, 0) is 19.9 Å². The SMILES string of the molecule is CC(=O)O.Cc1ccc(C(O)=C2C(=O)C(=O)N(c3nnc(C)s3)C2c2ccccc2F)cc1. The summed E-state index contributed by atoms with van der Waals surface area (Å²) in [6.45, 7) is 4.68. The van der Waals surface area contributed by atoms with Crippen LogP contribution in [0.15, 0.2) is 54.1 Å². The highest BCUT2D eigenvalue weighted by atomic mass is 32.1. The van der Waals surface area contributed by atoms with Crippen molar-refractivity contribution in [1.82, 2.24) is 10.2 Å². The molecule has 0 spiro atoms. The molecule has 2 heterocycles. The van der Waals surface area contributed by atoms with Crippen molar-refractivity contribution in [2.75, 3.05) is 4.90 Å². The lowest BCUT2D eigenvalue weighted by Crippen LogP contribution is -2.29. The number of aromatic nitrogens is 2. The number of amides is 1. The number of carboxylic acid groups (broad SMARTS) is 1. The molecule has 1 amide bonds. The molecule has 33 heavy (non-hydrogen) atoms. The Hall–Kier alpha value is -3.92. The number of Topliss-reactive ketones (excluding diaryl/α,β-unsaturated/α-hetero) is 1. The minimum Gasteiger partial charge on any atom is -0.507 e. The molecule has 8 nitrogen and oxygen atoms in total. The Morgan fingerprint density at radius 1 is 1.03 bits per heavy atom. The van der Waals surface area contributed by atoms with Gasteiger partial charge in [0.1, 0.15) is 22.6 Å². The van der Waals surface area contributed by atoms with Gasteiger partial charge in [-0.1, -0.05) is 59.4 Å². The summed E-state index contributed by atoms with van der Waals surface area (Å²) in [6, 6.07) is 11.5. The molecule has 10 heteroatoms. The molecule has 0 radical (unpaired) electrons. The lowest BCUT2D eigenvalue weighted by Gasteiger charge is -2.22. The van der Waals surface area contributed by atoms with E-state index >= 15 is 0 Å². The first-order chi connectivity index (χ1) is 15.6. The van der Waals surface area contributed by atoms with Crippen LogP contribution in [0.3, 0.4) is 0 Å². The molecule has 4 rings (SSSR count). The fourth-order valence-electron chi connectivity index (χ4n) is 3.27. The Balaban J connectivity index is 0.000000709. The van der Waals surface area contributed by atoms with Gasteiger partial charge < -0.3 is 10.2 Å². The summed E-state index contributed by atoms with van der Waals surface area (Å²) in [5, 5.41) is 27.0. The second-order valence-electron chi connectivity index (χ2n) is 7.18. The number of carbonyl (C=O) groups is 3. The van der Waals surface area contributed by atoms with E-state index in [1.165, 1.54) is 18.2 Å². The maximum Gasteiger partial charge on any atom is 0.301 e. The van der Waals surface area contributed by atoms with E-state index < -0.39 is 29.5 Å². The third-order valence-electron chi connectivity index (χ3n) is 4.69. The summed E-state index contributed by atoms with van der Waals surface area (Å²) >= 11 is 1.11. The first-order valence-electron chi connectivity index (χ1n) is 9.74. The summed E-state index contributed by atoms with van der Waals surface area (Å²) in [7, 11) is 0. The van der Waals surface area contributed by atoms with Gasteiger partial charge in [-0.15, -0.1) is 10.2 Å². The number of carboxylic acids is 1.